The van der Waals surface area contributed by atoms with Gasteiger partial charge in [-0.05, 0) is 43.7 Å². The number of aromatic nitrogens is 6. The van der Waals surface area contributed by atoms with Crippen molar-refractivity contribution in [1.82, 2.24) is 30.4 Å². The molecule has 4 aromatic heterocycles. The number of H-pyrrole nitrogens is 1. The Balaban J connectivity index is 1.65. The monoisotopic (exact) mass is 508 g/mol. The van der Waals surface area contributed by atoms with Gasteiger partial charge in [0.15, 0.2) is 0 Å². The predicted octanol–water partition coefficient (Wildman–Crippen LogP) is 4.78. The number of fused-ring (bicyclic) bond motifs is 2. The highest BCUT2D eigenvalue weighted by molar-refractivity contribution is 7.14. The van der Waals surface area contributed by atoms with Crippen LogP contribution in [0.2, 0.25) is 0 Å². The highest BCUT2D eigenvalue weighted by Gasteiger charge is 2.21. The summed E-state index contributed by atoms with van der Waals surface area (Å²) in [5, 5.41) is 19.2. The molecule has 4 heterocycles. The van der Waals surface area contributed by atoms with E-state index in [-0.39, 0.29) is 11.7 Å². The topological polar surface area (TPSA) is 159 Å². The summed E-state index contributed by atoms with van der Waals surface area (Å²) in [6, 6.07) is 12.7. The first-order valence-corrected chi connectivity index (χ1v) is 12.1. The zero-order valence-corrected chi connectivity index (χ0v) is 20.6. The Morgan fingerprint density at radius 1 is 1.05 bits per heavy atom. The average Bonchev–Trinajstić information content (AvgIpc) is 3.55. The number of benzene rings is 2. The van der Waals surface area contributed by atoms with Gasteiger partial charge in [0.05, 0.1) is 28.2 Å². The van der Waals surface area contributed by atoms with Crippen LogP contribution in [0.25, 0.3) is 43.5 Å². The molecule has 0 bridgehead atoms. The molecule has 0 aliphatic heterocycles. The number of nitrogens with two attached hydrogens (primary N) is 2. The molecule has 2 aromatic carbocycles. The van der Waals surface area contributed by atoms with Crippen molar-refractivity contribution < 1.29 is 9.53 Å². The number of carbonyl (C=O) groups is 1. The normalized spacial score (nSPS) is 11.3. The minimum atomic E-state index is -0.528. The van der Waals surface area contributed by atoms with E-state index < -0.39 is 5.91 Å². The highest BCUT2D eigenvalue weighted by Crippen LogP contribution is 2.41. The van der Waals surface area contributed by atoms with Crippen LogP contribution in [0.1, 0.15) is 20.9 Å². The smallest absolute Gasteiger partial charge is 0.248 e. The molecule has 11 heteroatoms. The third-order valence-electron chi connectivity index (χ3n) is 6.03. The molecule has 0 fully saturated rings. The Morgan fingerprint density at radius 2 is 1.92 bits per heavy atom. The molecule has 0 saturated carbocycles. The Hall–Kier alpha value is -4.90. The number of rotatable bonds is 5. The number of primary amides is 1. The van der Waals surface area contributed by atoms with Crippen molar-refractivity contribution in [2.75, 3.05) is 5.73 Å². The van der Waals surface area contributed by atoms with Gasteiger partial charge in [0, 0.05) is 28.3 Å². The summed E-state index contributed by atoms with van der Waals surface area (Å²) in [6.45, 7) is 3.83. The van der Waals surface area contributed by atoms with Crippen molar-refractivity contribution in [2.24, 2.45) is 5.73 Å². The first-order chi connectivity index (χ1) is 17.9. The molecule has 10 nitrogen and oxygen atoms in total. The minimum Gasteiger partial charge on any atom is -0.437 e. The van der Waals surface area contributed by atoms with E-state index in [2.05, 4.69) is 25.4 Å². The van der Waals surface area contributed by atoms with Crippen molar-refractivity contribution in [3.8, 4) is 33.5 Å². The number of pyridine rings is 2. The lowest BCUT2D eigenvalue weighted by Gasteiger charge is -2.15. The van der Waals surface area contributed by atoms with Crippen LogP contribution in [0.15, 0.2) is 54.9 Å². The number of nitrogen functional groups attached to an aromatic ring is 1. The number of amides is 1. The maximum atomic E-state index is 11.9. The lowest BCUT2D eigenvalue weighted by atomic mass is 10.0. The fraction of sp³-hybridized carbons (Fsp3) is 0.0769. The van der Waals surface area contributed by atoms with Crippen molar-refractivity contribution in [1.29, 1.82) is 0 Å². The Morgan fingerprint density at radius 3 is 2.70 bits per heavy atom. The van der Waals surface area contributed by atoms with Crippen LogP contribution >= 0.6 is 11.3 Å². The molecule has 0 aliphatic carbocycles. The molecule has 0 unspecified atom stereocenters. The fourth-order valence-electron chi connectivity index (χ4n) is 4.21. The highest BCUT2D eigenvalue weighted by atomic mass is 32.1. The largest absolute Gasteiger partial charge is 0.437 e. The van der Waals surface area contributed by atoms with Crippen LogP contribution in [-0.4, -0.2) is 36.3 Å². The standard InChI is InChI=1S/C26H20N8O2S/c1-12-6-7-19-18(11-30-33-19)22(12)36-25-21-16(17(10-29-23(21)27)26-34-32-13(2)37-26)9-20(31-25)14-4-3-5-15(8-14)24(28)35/h3-11H,1-2H3,(H2,27,29)(H2,28,35)(H,30,33). The van der Waals surface area contributed by atoms with E-state index >= 15 is 0 Å². The second kappa shape index (κ2) is 8.64. The summed E-state index contributed by atoms with van der Waals surface area (Å²) in [5.41, 5.74) is 16.0. The van der Waals surface area contributed by atoms with Gasteiger partial charge in [0.25, 0.3) is 0 Å². The van der Waals surface area contributed by atoms with E-state index in [1.165, 1.54) is 11.3 Å². The van der Waals surface area contributed by atoms with Gasteiger partial charge < -0.3 is 16.2 Å². The number of aromatic amines is 1. The molecular weight excluding hydrogens is 488 g/mol. The van der Waals surface area contributed by atoms with Crippen LogP contribution in [0.4, 0.5) is 5.82 Å². The zero-order chi connectivity index (χ0) is 25.7. The molecule has 6 aromatic rings. The number of nitrogens with zero attached hydrogens (tertiary/aromatic N) is 5. The molecule has 0 radical (unpaired) electrons. The molecule has 182 valence electrons. The van der Waals surface area contributed by atoms with Crippen LogP contribution in [0.3, 0.4) is 0 Å². The molecule has 1 amide bonds. The first-order valence-electron chi connectivity index (χ1n) is 11.3. The maximum absolute atomic E-state index is 11.9. The van der Waals surface area contributed by atoms with E-state index in [0.29, 0.717) is 33.0 Å². The number of hydrogen-bond donors (Lipinski definition) is 3. The van der Waals surface area contributed by atoms with E-state index in [4.69, 9.17) is 21.2 Å². The van der Waals surface area contributed by atoms with Gasteiger partial charge in [0.2, 0.25) is 11.8 Å². The number of ether oxygens (including phenoxy) is 1. The maximum Gasteiger partial charge on any atom is 0.248 e. The summed E-state index contributed by atoms with van der Waals surface area (Å²) in [4.78, 5) is 21.1. The van der Waals surface area contributed by atoms with Crippen LogP contribution in [-0.2, 0) is 0 Å². The van der Waals surface area contributed by atoms with Gasteiger partial charge in [-0.25, -0.2) is 9.97 Å². The van der Waals surface area contributed by atoms with Gasteiger partial charge in [-0.3, -0.25) is 9.89 Å². The number of carbonyl (C=O) groups excluding carboxylic acids is 1. The summed E-state index contributed by atoms with van der Waals surface area (Å²) >= 11 is 1.45. The first kappa shape index (κ1) is 22.6. The Kier molecular flexibility index (Phi) is 5.27. The fourth-order valence-corrected chi connectivity index (χ4v) is 4.93. The quantitative estimate of drug-likeness (QED) is 0.300. The van der Waals surface area contributed by atoms with Crippen LogP contribution < -0.4 is 16.2 Å². The van der Waals surface area contributed by atoms with E-state index in [1.807, 2.05) is 38.1 Å². The average molecular weight is 509 g/mol. The lowest BCUT2D eigenvalue weighted by Crippen LogP contribution is -2.10. The molecule has 5 N–H and O–H groups in total. The van der Waals surface area contributed by atoms with E-state index in [0.717, 1.165) is 32.4 Å². The molecule has 37 heavy (non-hydrogen) atoms. The molecule has 6 rings (SSSR count). The third-order valence-corrected chi connectivity index (χ3v) is 6.91. The second-order valence-corrected chi connectivity index (χ2v) is 9.69. The van der Waals surface area contributed by atoms with E-state index in [9.17, 15) is 4.79 Å². The predicted molar refractivity (Wildman–Crippen MR) is 142 cm³/mol. The van der Waals surface area contributed by atoms with Crippen molar-refractivity contribution in [2.45, 2.75) is 13.8 Å². The Bertz CT molecular complexity index is 1840. The minimum absolute atomic E-state index is 0.261. The van der Waals surface area contributed by atoms with Crippen LogP contribution in [0.5, 0.6) is 11.6 Å². The van der Waals surface area contributed by atoms with Gasteiger partial charge in [0.1, 0.15) is 21.6 Å². The second-order valence-electron chi connectivity index (χ2n) is 8.51. The number of anilines is 1. The van der Waals surface area contributed by atoms with Gasteiger partial charge in [-0.1, -0.05) is 29.5 Å². The molecule has 0 aliphatic rings. The summed E-state index contributed by atoms with van der Waals surface area (Å²) in [7, 11) is 0. The third kappa shape index (κ3) is 3.91. The van der Waals surface area contributed by atoms with Crippen LogP contribution in [0, 0.1) is 13.8 Å². The van der Waals surface area contributed by atoms with Gasteiger partial charge >= 0.3 is 0 Å². The summed E-state index contributed by atoms with van der Waals surface area (Å²) in [5.74, 6) is 0.596. The molecule has 0 atom stereocenters. The van der Waals surface area contributed by atoms with Gasteiger partial charge in [-0.2, -0.15) is 5.10 Å². The molecule has 0 saturated heterocycles. The summed E-state index contributed by atoms with van der Waals surface area (Å²) < 4.78 is 6.50. The number of aryl methyl sites for hydroxylation is 2. The van der Waals surface area contributed by atoms with Gasteiger partial charge in [-0.15, -0.1) is 10.2 Å². The van der Waals surface area contributed by atoms with Crippen molar-refractivity contribution in [3.63, 3.8) is 0 Å². The molecule has 0 spiro atoms. The Labute approximate surface area is 214 Å². The molecular formula is C26H20N8O2S. The van der Waals surface area contributed by atoms with Crippen molar-refractivity contribution in [3.05, 3.63) is 71.0 Å². The zero-order valence-electron chi connectivity index (χ0n) is 19.8. The number of nitrogens with one attached hydrogen (secondary N) is 1. The van der Waals surface area contributed by atoms with E-state index in [1.54, 1.807) is 30.6 Å². The lowest BCUT2D eigenvalue weighted by molar-refractivity contribution is 0.100. The summed E-state index contributed by atoms with van der Waals surface area (Å²) in [6.07, 6.45) is 3.38. The number of hydrogen-bond acceptors (Lipinski definition) is 9. The van der Waals surface area contributed by atoms with Crippen molar-refractivity contribution >= 4 is 44.7 Å². The SMILES string of the molecule is Cc1nnc(-c2cnc(N)c3c(Oc4c(C)ccc5[nH]ncc45)nc(-c4cccc(C(N)=O)c4)cc23)s1.